The number of hydrogen-bond donors (Lipinski definition) is 1. The zero-order chi connectivity index (χ0) is 10.6. The number of nitrogens with one attached hydrogen (secondary N) is 1. The van der Waals surface area contributed by atoms with E-state index in [-0.39, 0.29) is 9.64 Å². The lowest BCUT2D eigenvalue weighted by atomic mass is 10.2. The van der Waals surface area contributed by atoms with E-state index in [0.717, 1.165) is 0 Å². The second kappa shape index (κ2) is 4.93. The minimum Gasteiger partial charge on any atom is -0.456 e. The van der Waals surface area contributed by atoms with Crippen LogP contribution in [0.3, 0.4) is 0 Å². The quantitative estimate of drug-likeness (QED) is 0.377. The molecule has 0 bridgehead atoms. The van der Waals surface area contributed by atoms with E-state index >= 15 is 0 Å². The molecule has 4 heteroatoms. The fourth-order valence-electron chi connectivity index (χ4n) is 0.704. The minimum atomic E-state index is -0.504. The van der Waals surface area contributed by atoms with Gasteiger partial charge in [0.15, 0.2) is 0 Å². The Morgan fingerprint density at radius 2 is 2.00 bits per heavy atom. The fraction of sp³-hybridized carbons (Fsp3) is 0.778. The van der Waals surface area contributed by atoms with Gasteiger partial charge in [-0.15, -0.1) is 0 Å². The van der Waals surface area contributed by atoms with Crippen LogP contribution in [0.2, 0.25) is 0 Å². The molecule has 1 N–H and O–H groups in total. The highest BCUT2D eigenvalue weighted by atomic mass is 127. The average Bonchev–Trinajstić information content (AvgIpc) is 1.81. The zero-order valence-corrected chi connectivity index (χ0v) is 10.6. The lowest BCUT2D eigenvalue weighted by Crippen LogP contribution is -2.29. The summed E-state index contributed by atoms with van der Waals surface area (Å²) >= 11 is 2.18. The van der Waals surface area contributed by atoms with E-state index in [2.05, 4.69) is 22.6 Å². The molecule has 1 atom stereocenters. The van der Waals surface area contributed by atoms with Gasteiger partial charge < -0.3 is 4.74 Å². The van der Waals surface area contributed by atoms with Crippen molar-refractivity contribution in [3.63, 3.8) is 0 Å². The van der Waals surface area contributed by atoms with Crippen LogP contribution in [0.25, 0.3) is 0 Å². The first-order valence-electron chi connectivity index (χ1n) is 4.17. The van der Waals surface area contributed by atoms with Crippen molar-refractivity contribution in [3.8, 4) is 0 Å². The van der Waals surface area contributed by atoms with E-state index in [1.54, 1.807) is 20.8 Å². The van der Waals surface area contributed by atoms with Gasteiger partial charge in [0.2, 0.25) is 0 Å². The molecule has 3 nitrogen and oxygen atoms in total. The highest BCUT2D eigenvalue weighted by Gasteiger charge is 2.20. The molecule has 76 valence electrons. The minimum absolute atomic E-state index is 0.0526. The van der Waals surface area contributed by atoms with Crippen LogP contribution in [0.4, 0.5) is 0 Å². The first-order chi connectivity index (χ1) is 5.72. The smallest absolute Gasteiger partial charge is 0.352 e. The standard InChI is InChI=1S/C9H16INO2/c1-6(10)5-7(11)8(12)13-9(2,3)4/h6,11H,5H2,1-4H3. The van der Waals surface area contributed by atoms with Gasteiger partial charge in [0.05, 0.1) is 0 Å². The van der Waals surface area contributed by atoms with Crippen molar-refractivity contribution < 1.29 is 9.53 Å². The van der Waals surface area contributed by atoms with Crippen LogP contribution in [0.1, 0.15) is 34.1 Å². The zero-order valence-electron chi connectivity index (χ0n) is 8.48. The molecule has 0 amide bonds. The van der Waals surface area contributed by atoms with Gasteiger partial charge in [-0.2, -0.15) is 0 Å². The molecule has 0 radical (unpaired) electrons. The molecule has 0 saturated carbocycles. The molecule has 0 aliphatic carbocycles. The Labute approximate surface area is 92.9 Å². The van der Waals surface area contributed by atoms with Crippen LogP contribution in [0.5, 0.6) is 0 Å². The van der Waals surface area contributed by atoms with Crippen molar-refractivity contribution in [3.05, 3.63) is 0 Å². The Morgan fingerprint density at radius 3 is 2.31 bits per heavy atom. The maximum atomic E-state index is 11.2. The van der Waals surface area contributed by atoms with Crippen molar-refractivity contribution in [2.45, 2.75) is 43.6 Å². The van der Waals surface area contributed by atoms with Gasteiger partial charge in [0.25, 0.3) is 0 Å². The van der Waals surface area contributed by atoms with Crippen LogP contribution in [-0.4, -0.2) is 21.2 Å². The summed E-state index contributed by atoms with van der Waals surface area (Å²) in [6, 6.07) is 0. The number of carbonyl (C=O) groups excluding carboxylic acids is 1. The highest BCUT2D eigenvalue weighted by molar-refractivity contribution is 14.1. The molecule has 0 spiro atoms. The van der Waals surface area contributed by atoms with Gasteiger partial charge in [0.1, 0.15) is 11.3 Å². The third kappa shape index (κ3) is 6.98. The molecule has 0 heterocycles. The summed E-state index contributed by atoms with van der Waals surface area (Å²) in [5, 5.41) is 7.43. The monoisotopic (exact) mass is 297 g/mol. The van der Waals surface area contributed by atoms with Crippen molar-refractivity contribution in [1.82, 2.24) is 0 Å². The second-order valence-corrected chi connectivity index (χ2v) is 6.09. The molecule has 0 aromatic carbocycles. The third-order valence-corrected chi connectivity index (χ3v) is 1.57. The van der Waals surface area contributed by atoms with E-state index < -0.39 is 11.6 Å². The number of rotatable bonds is 3. The molecule has 0 fully saturated rings. The SMILES string of the molecule is CC(I)CC(=N)C(=O)OC(C)(C)C. The summed E-state index contributed by atoms with van der Waals surface area (Å²) < 4.78 is 5.32. The lowest BCUT2D eigenvalue weighted by molar-refractivity contribution is -0.146. The molecular weight excluding hydrogens is 281 g/mol. The van der Waals surface area contributed by atoms with Gasteiger partial charge in [0, 0.05) is 10.3 Å². The Balaban J connectivity index is 4.06. The normalized spacial score (nSPS) is 13.6. The number of halogens is 1. The van der Waals surface area contributed by atoms with Gasteiger partial charge in [-0.3, -0.25) is 5.41 Å². The van der Waals surface area contributed by atoms with Gasteiger partial charge in [-0.05, 0) is 20.8 Å². The summed E-state index contributed by atoms with van der Waals surface area (Å²) in [7, 11) is 0. The van der Waals surface area contributed by atoms with Crippen LogP contribution < -0.4 is 0 Å². The fourth-order valence-corrected chi connectivity index (χ4v) is 1.14. The third-order valence-electron chi connectivity index (χ3n) is 1.13. The van der Waals surface area contributed by atoms with Crippen LogP contribution in [-0.2, 0) is 9.53 Å². The number of esters is 1. The molecular formula is C9H16INO2. The summed E-state index contributed by atoms with van der Waals surface area (Å²) in [6.07, 6.45) is 0.468. The first kappa shape index (κ1) is 12.9. The van der Waals surface area contributed by atoms with Crippen LogP contribution >= 0.6 is 22.6 Å². The largest absolute Gasteiger partial charge is 0.456 e. The molecule has 1 unspecified atom stereocenters. The van der Waals surface area contributed by atoms with Crippen LogP contribution in [0.15, 0.2) is 0 Å². The van der Waals surface area contributed by atoms with Crippen molar-refractivity contribution >= 4 is 34.3 Å². The number of hydrogen-bond acceptors (Lipinski definition) is 3. The highest BCUT2D eigenvalue weighted by Crippen LogP contribution is 2.10. The van der Waals surface area contributed by atoms with Crippen LogP contribution in [0, 0.1) is 5.41 Å². The van der Waals surface area contributed by atoms with Gasteiger partial charge in [-0.1, -0.05) is 29.5 Å². The van der Waals surface area contributed by atoms with Gasteiger partial charge >= 0.3 is 5.97 Å². The molecule has 0 aliphatic heterocycles. The molecule has 13 heavy (non-hydrogen) atoms. The molecule has 0 aromatic rings. The molecule has 0 aliphatic rings. The summed E-state index contributed by atoms with van der Waals surface area (Å²) in [4.78, 5) is 11.2. The maximum Gasteiger partial charge on any atom is 0.352 e. The summed E-state index contributed by atoms with van der Waals surface area (Å²) in [6.45, 7) is 7.35. The number of carbonyl (C=O) groups is 1. The van der Waals surface area contributed by atoms with Crippen molar-refractivity contribution in [2.75, 3.05) is 0 Å². The molecule has 0 aromatic heterocycles. The lowest BCUT2D eigenvalue weighted by Gasteiger charge is -2.19. The molecule has 0 rings (SSSR count). The predicted molar refractivity (Wildman–Crippen MR) is 61.7 cm³/mol. The second-order valence-electron chi connectivity index (χ2n) is 3.97. The Morgan fingerprint density at radius 1 is 1.54 bits per heavy atom. The number of alkyl halides is 1. The van der Waals surface area contributed by atoms with E-state index in [0.29, 0.717) is 6.42 Å². The van der Waals surface area contributed by atoms with Gasteiger partial charge in [-0.25, -0.2) is 4.79 Å². The number of ether oxygens (including phenoxy) is 1. The predicted octanol–water partition coefficient (Wildman–Crippen LogP) is 2.56. The van der Waals surface area contributed by atoms with E-state index in [4.69, 9.17) is 10.1 Å². The first-order valence-corrected chi connectivity index (χ1v) is 5.42. The maximum absolute atomic E-state index is 11.2. The van der Waals surface area contributed by atoms with E-state index in [1.165, 1.54) is 0 Å². The Hall–Kier alpha value is -0.130. The van der Waals surface area contributed by atoms with Crippen molar-refractivity contribution in [1.29, 1.82) is 5.41 Å². The Kier molecular flexibility index (Phi) is 4.88. The van der Waals surface area contributed by atoms with Crippen molar-refractivity contribution in [2.24, 2.45) is 0 Å². The topological polar surface area (TPSA) is 50.2 Å². The average molecular weight is 297 g/mol. The summed E-state index contributed by atoms with van der Waals surface area (Å²) in [5.41, 5.74) is -0.449. The Bertz CT molecular complexity index is 206. The van der Waals surface area contributed by atoms with E-state index in [1.807, 2.05) is 6.92 Å². The summed E-state index contributed by atoms with van der Waals surface area (Å²) in [5.74, 6) is -0.504. The van der Waals surface area contributed by atoms with E-state index in [9.17, 15) is 4.79 Å². The molecule has 0 saturated heterocycles.